The first-order valence-corrected chi connectivity index (χ1v) is 10.2. The number of hydrogen-bond donors (Lipinski definition) is 0. The Kier molecular flexibility index (Phi) is 6.42. The predicted octanol–water partition coefficient (Wildman–Crippen LogP) is 2.52. The van der Waals surface area contributed by atoms with Gasteiger partial charge in [-0.05, 0) is 32.0 Å². The Morgan fingerprint density at radius 3 is 2.71 bits per heavy atom. The molecule has 1 aromatic carbocycles. The molecule has 0 unspecified atom stereocenters. The van der Waals surface area contributed by atoms with Crippen molar-refractivity contribution in [2.75, 3.05) is 26.4 Å². The molecule has 0 fully saturated rings. The summed E-state index contributed by atoms with van der Waals surface area (Å²) in [5.41, 5.74) is 0.788. The van der Waals surface area contributed by atoms with E-state index in [1.807, 2.05) is 43.3 Å². The van der Waals surface area contributed by atoms with Crippen molar-refractivity contribution in [3.05, 3.63) is 59.8 Å². The van der Waals surface area contributed by atoms with Gasteiger partial charge in [-0.3, -0.25) is 4.79 Å². The Labute approximate surface area is 180 Å². The molecule has 4 rings (SSSR count). The number of ether oxygens (including phenoxy) is 3. The van der Waals surface area contributed by atoms with Crippen LogP contribution in [0.15, 0.2) is 42.6 Å². The molecule has 3 aromatic rings. The monoisotopic (exact) mass is 423 g/mol. The zero-order chi connectivity index (χ0) is 21.6. The Morgan fingerprint density at radius 2 is 1.90 bits per heavy atom. The highest BCUT2D eigenvalue weighted by Crippen LogP contribution is 2.32. The third kappa shape index (κ3) is 5.18. The molecule has 0 saturated heterocycles. The molecule has 1 amide bonds. The second-order valence-electron chi connectivity index (χ2n) is 7.16. The van der Waals surface area contributed by atoms with Gasteiger partial charge in [0.1, 0.15) is 24.8 Å². The van der Waals surface area contributed by atoms with Crippen molar-refractivity contribution in [1.82, 2.24) is 24.6 Å². The van der Waals surface area contributed by atoms with Crippen LogP contribution >= 0.6 is 0 Å². The maximum absolute atomic E-state index is 13.1. The van der Waals surface area contributed by atoms with E-state index in [1.165, 1.54) is 0 Å². The van der Waals surface area contributed by atoms with Crippen molar-refractivity contribution >= 4 is 5.91 Å². The first-order chi connectivity index (χ1) is 15.1. The molecule has 0 bridgehead atoms. The lowest BCUT2D eigenvalue weighted by molar-refractivity contribution is -0.133. The average Bonchev–Trinajstić information content (AvgIpc) is 3.08. The minimum Gasteiger partial charge on any atom is -0.487 e. The summed E-state index contributed by atoms with van der Waals surface area (Å²) in [5.74, 6) is 2.87. The smallest absolute Gasteiger partial charge is 0.244 e. The molecule has 0 saturated carbocycles. The van der Waals surface area contributed by atoms with Crippen LogP contribution in [0.1, 0.15) is 17.2 Å². The molecule has 3 heterocycles. The molecule has 1 aliphatic rings. The quantitative estimate of drug-likeness (QED) is 0.625. The van der Waals surface area contributed by atoms with Crippen LogP contribution in [-0.4, -0.2) is 56.9 Å². The summed E-state index contributed by atoms with van der Waals surface area (Å²) in [5, 5.41) is 4.30. The van der Waals surface area contributed by atoms with Crippen LogP contribution in [0.25, 0.3) is 0 Å². The number of para-hydroxylation sites is 2. The van der Waals surface area contributed by atoms with E-state index in [0.29, 0.717) is 61.9 Å². The molecule has 162 valence electrons. The Morgan fingerprint density at radius 1 is 1.06 bits per heavy atom. The SMILES string of the molecule is Cc1nc(C)n(CC(=O)N2CCOCCOc3ccccc3Oc3ncccc3C2)n1. The molecule has 0 spiro atoms. The van der Waals surface area contributed by atoms with Gasteiger partial charge in [0.25, 0.3) is 0 Å². The summed E-state index contributed by atoms with van der Waals surface area (Å²) in [6, 6.07) is 11.2. The largest absolute Gasteiger partial charge is 0.487 e. The number of amides is 1. The van der Waals surface area contributed by atoms with Gasteiger partial charge in [-0.25, -0.2) is 14.6 Å². The van der Waals surface area contributed by atoms with Crippen LogP contribution in [0.4, 0.5) is 0 Å². The van der Waals surface area contributed by atoms with Gasteiger partial charge in [-0.1, -0.05) is 18.2 Å². The molecule has 9 nitrogen and oxygen atoms in total. The molecule has 0 atom stereocenters. The van der Waals surface area contributed by atoms with E-state index in [1.54, 1.807) is 22.7 Å². The van der Waals surface area contributed by atoms with Crippen LogP contribution in [0.2, 0.25) is 0 Å². The van der Waals surface area contributed by atoms with Crippen LogP contribution in [-0.2, 0) is 22.6 Å². The maximum Gasteiger partial charge on any atom is 0.244 e. The molecule has 1 aliphatic heterocycles. The molecule has 2 aromatic heterocycles. The molecule has 0 radical (unpaired) electrons. The number of carbonyl (C=O) groups excluding carboxylic acids is 1. The molecular formula is C22H25N5O4. The van der Waals surface area contributed by atoms with Crippen LogP contribution in [0.5, 0.6) is 17.4 Å². The number of hydrogen-bond acceptors (Lipinski definition) is 7. The Hall–Kier alpha value is -3.46. The first-order valence-electron chi connectivity index (χ1n) is 10.2. The lowest BCUT2D eigenvalue weighted by Gasteiger charge is -2.23. The van der Waals surface area contributed by atoms with E-state index < -0.39 is 0 Å². The number of carbonyl (C=O) groups is 1. The molecule has 0 aliphatic carbocycles. The Balaban J connectivity index is 1.60. The fraction of sp³-hybridized carbons (Fsp3) is 0.364. The highest BCUT2D eigenvalue weighted by molar-refractivity contribution is 5.76. The van der Waals surface area contributed by atoms with E-state index >= 15 is 0 Å². The zero-order valence-corrected chi connectivity index (χ0v) is 17.7. The second-order valence-corrected chi connectivity index (χ2v) is 7.16. The van der Waals surface area contributed by atoms with Gasteiger partial charge in [-0.2, -0.15) is 5.10 Å². The van der Waals surface area contributed by atoms with Crippen molar-refractivity contribution in [2.24, 2.45) is 0 Å². The van der Waals surface area contributed by atoms with E-state index in [0.717, 1.165) is 5.56 Å². The fourth-order valence-electron chi connectivity index (χ4n) is 3.32. The van der Waals surface area contributed by atoms with Gasteiger partial charge in [0.2, 0.25) is 11.8 Å². The number of benzene rings is 1. The Bertz CT molecular complexity index is 1050. The number of aromatic nitrogens is 4. The molecule has 0 N–H and O–H groups in total. The number of fused-ring (bicyclic) bond motifs is 2. The topological polar surface area (TPSA) is 91.6 Å². The van der Waals surface area contributed by atoms with Gasteiger partial charge >= 0.3 is 0 Å². The van der Waals surface area contributed by atoms with Crippen molar-refractivity contribution in [2.45, 2.75) is 26.9 Å². The summed E-state index contributed by atoms with van der Waals surface area (Å²) in [4.78, 5) is 23.5. The number of pyridine rings is 1. The number of aryl methyl sites for hydroxylation is 2. The third-order valence-corrected chi connectivity index (χ3v) is 4.86. The molecular weight excluding hydrogens is 398 g/mol. The lowest BCUT2D eigenvalue weighted by Crippen LogP contribution is -2.36. The maximum atomic E-state index is 13.1. The second kappa shape index (κ2) is 9.57. The highest BCUT2D eigenvalue weighted by Gasteiger charge is 2.20. The van der Waals surface area contributed by atoms with E-state index in [4.69, 9.17) is 14.2 Å². The van der Waals surface area contributed by atoms with Gasteiger partial charge in [0.15, 0.2) is 11.5 Å². The van der Waals surface area contributed by atoms with Crippen molar-refractivity contribution in [3.8, 4) is 17.4 Å². The van der Waals surface area contributed by atoms with Crippen molar-refractivity contribution in [3.63, 3.8) is 0 Å². The summed E-state index contributed by atoms with van der Waals surface area (Å²) in [6.45, 7) is 5.68. The molecule has 9 heteroatoms. The zero-order valence-electron chi connectivity index (χ0n) is 17.7. The fourth-order valence-corrected chi connectivity index (χ4v) is 3.32. The number of rotatable bonds is 2. The van der Waals surface area contributed by atoms with Crippen LogP contribution < -0.4 is 9.47 Å². The standard InChI is InChI=1S/C22H25N5O4/c1-16-24-17(2)27(25-16)15-21(28)26-10-11-29-12-13-30-19-7-3-4-8-20(19)31-22-18(14-26)6-5-9-23-22/h3-9H,10-15H2,1-2H3. The highest BCUT2D eigenvalue weighted by atomic mass is 16.5. The van der Waals surface area contributed by atoms with Crippen molar-refractivity contribution < 1.29 is 19.0 Å². The van der Waals surface area contributed by atoms with Crippen LogP contribution in [0, 0.1) is 13.8 Å². The number of nitrogens with zero attached hydrogens (tertiary/aromatic N) is 5. The third-order valence-electron chi connectivity index (χ3n) is 4.86. The first kappa shape index (κ1) is 20.8. The van der Waals surface area contributed by atoms with E-state index in [-0.39, 0.29) is 12.5 Å². The van der Waals surface area contributed by atoms with Gasteiger partial charge < -0.3 is 19.1 Å². The lowest BCUT2D eigenvalue weighted by atomic mass is 10.2. The minimum atomic E-state index is -0.0853. The van der Waals surface area contributed by atoms with E-state index in [2.05, 4.69) is 15.1 Å². The van der Waals surface area contributed by atoms with Crippen molar-refractivity contribution in [1.29, 1.82) is 0 Å². The summed E-state index contributed by atoms with van der Waals surface area (Å²) in [7, 11) is 0. The summed E-state index contributed by atoms with van der Waals surface area (Å²) >= 11 is 0. The minimum absolute atomic E-state index is 0.0853. The normalized spacial score (nSPS) is 14.7. The summed E-state index contributed by atoms with van der Waals surface area (Å²) in [6.07, 6.45) is 1.66. The predicted molar refractivity (Wildman–Crippen MR) is 112 cm³/mol. The van der Waals surface area contributed by atoms with Crippen LogP contribution in [0.3, 0.4) is 0 Å². The average molecular weight is 423 g/mol. The van der Waals surface area contributed by atoms with E-state index in [9.17, 15) is 4.79 Å². The molecule has 31 heavy (non-hydrogen) atoms. The van der Waals surface area contributed by atoms with Gasteiger partial charge in [-0.15, -0.1) is 0 Å². The van der Waals surface area contributed by atoms with Gasteiger partial charge in [0.05, 0.1) is 19.8 Å². The summed E-state index contributed by atoms with van der Waals surface area (Å²) < 4.78 is 19.2. The van der Waals surface area contributed by atoms with Gasteiger partial charge in [0, 0.05) is 18.3 Å².